The van der Waals surface area contributed by atoms with Crippen molar-refractivity contribution in [2.75, 3.05) is 6.61 Å². The Hall–Kier alpha value is -1.05. The number of rotatable bonds is 4. The van der Waals surface area contributed by atoms with Crippen molar-refractivity contribution in [3.05, 3.63) is 47.0 Å². The summed E-state index contributed by atoms with van der Waals surface area (Å²) in [5.41, 5.74) is 1.32. The largest absolute Gasteiger partial charge is 0.396 e. The molecule has 2 aromatic carbocycles. The van der Waals surface area contributed by atoms with Crippen LogP contribution in [-0.2, 0) is 6.42 Å². The smallest absolute Gasteiger partial charge is 0.0431 e. The number of hydrogen-bond acceptors (Lipinski definition) is 1. The Morgan fingerprint density at radius 3 is 2.50 bits per heavy atom. The van der Waals surface area contributed by atoms with E-state index in [1.807, 2.05) is 18.2 Å². The Bertz CT molecular complexity index is 479. The molecule has 0 aliphatic carbocycles. The van der Waals surface area contributed by atoms with Crippen LogP contribution in [0.25, 0.3) is 10.8 Å². The van der Waals surface area contributed by atoms with Gasteiger partial charge in [0.2, 0.25) is 0 Å². The lowest BCUT2D eigenvalue weighted by atomic mass is 10.0. The van der Waals surface area contributed by atoms with E-state index in [4.69, 9.17) is 16.7 Å². The van der Waals surface area contributed by atoms with E-state index in [0.29, 0.717) is 0 Å². The molecule has 84 valence electrons. The average molecular weight is 235 g/mol. The van der Waals surface area contributed by atoms with Crippen molar-refractivity contribution < 1.29 is 5.11 Å². The number of aliphatic hydroxyl groups excluding tert-OH is 1. The van der Waals surface area contributed by atoms with Crippen molar-refractivity contribution in [2.45, 2.75) is 19.3 Å². The lowest BCUT2D eigenvalue weighted by molar-refractivity contribution is 0.284. The lowest BCUT2D eigenvalue weighted by Crippen LogP contribution is -1.88. The topological polar surface area (TPSA) is 20.2 Å². The number of benzene rings is 2. The van der Waals surface area contributed by atoms with E-state index in [2.05, 4.69) is 18.2 Å². The van der Waals surface area contributed by atoms with E-state index in [0.717, 1.165) is 24.3 Å². The maximum absolute atomic E-state index is 8.73. The molecule has 0 fully saturated rings. The summed E-state index contributed by atoms with van der Waals surface area (Å²) in [5.74, 6) is 0. The van der Waals surface area contributed by atoms with Gasteiger partial charge in [0.15, 0.2) is 0 Å². The van der Waals surface area contributed by atoms with Gasteiger partial charge < -0.3 is 5.11 Å². The van der Waals surface area contributed by atoms with Crippen LogP contribution in [0.4, 0.5) is 0 Å². The van der Waals surface area contributed by atoms with Gasteiger partial charge in [-0.15, -0.1) is 0 Å². The monoisotopic (exact) mass is 234 g/mol. The highest BCUT2D eigenvalue weighted by Crippen LogP contribution is 2.21. The van der Waals surface area contributed by atoms with Crippen LogP contribution in [0.15, 0.2) is 36.4 Å². The Balaban J connectivity index is 2.20. The van der Waals surface area contributed by atoms with Gasteiger partial charge in [-0.05, 0) is 47.7 Å². The molecule has 1 nitrogen and oxygen atoms in total. The molecule has 0 heterocycles. The molecule has 16 heavy (non-hydrogen) atoms. The second-order valence-electron chi connectivity index (χ2n) is 4.01. The minimum Gasteiger partial charge on any atom is -0.396 e. The zero-order chi connectivity index (χ0) is 11.4. The number of fused-ring (bicyclic) bond motifs is 1. The molecular formula is C14H15ClO. The van der Waals surface area contributed by atoms with Crippen LogP contribution in [0.3, 0.4) is 0 Å². The van der Waals surface area contributed by atoms with Crippen LogP contribution in [0.5, 0.6) is 0 Å². The number of aliphatic hydroxyl groups is 1. The summed E-state index contributed by atoms with van der Waals surface area (Å²) >= 11 is 5.93. The molecule has 0 radical (unpaired) electrons. The summed E-state index contributed by atoms with van der Waals surface area (Å²) in [6.45, 7) is 0.281. The maximum atomic E-state index is 8.73. The third-order valence-electron chi connectivity index (χ3n) is 2.74. The Labute approximate surface area is 101 Å². The molecule has 0 bridgehead atoms. The number of aryl methyl sites for hydroxylation is 1. The van der Waals surface area contributed by atoms with E-state index < -0.39 is 0 Å². The highest BCUT2D eigenvalue weighted by molar-refractivity contribution is 6.31. The highest BCUT2D eigenvalue weighted by Gasteiger charge is 1.98. The Kier molecular flexibility index (Phi) is 3.81. The SMILES string of the molecule is OCCCCc1ccc2cc(Cl)ccc2c1. The van der Waals surface area contributed by atoms with Gasteiger partial charge in [-0.2, -0.15) is 0 Å². The van der Waals surface area contributed by atoms with Crippen LogP contribution in [-0.4, -0.2) is 11.7 Å². The molecule has 0 saturated heterocycles. The fourth-order valence-electron chi connectivity index (χ4n) is 1.86. The van der Waals surface area contributed by atoms with Gasteiger partial charge in [-0.25, -0.2) is 0 Å². The third kappa shape index (κ3) is 2.75. The molecule has 2 heteroatoms. The van der Waals surface area contributed by atoms with Gasteiger partial charge >= 0.3 is 0 Å². The first kappa shape index (κ1) is 11.4. The van der Waals surface area contributed by atoms with Crippen molar-refractivity contribution in [1.29, 1.82) is 0 Å². The molecule has 0 aliphatic rings. The second-order valence-corrected chi connectivity index (χ2v) is 4.44. The first-order valence-electron chi connectivity index (χ1n) is 5.58. The summed E-state index contributed by atoms with van der Waals surface area (Å²) in [6.07, 6.45) is 2.94. The molecule has 2 rings (SSSR count). The number of unbranched alkanes of at least 4 members (excludes halogenated alkanes) is 1. The van der Waals surface area contributed by atoms with E-state index in [1.54, 1.807) is 0 Å². The van der Waals surface area contributed by atoms with Crippen molar-refractivity contribution in [3.8, 4) is 0 Å². The molecule has 0 aliphatic heterocycles. The van der Waals surface area contributed by atoms with Gasteiger partial charge in [0.25, 0.3) is 0 Å². The van der Waals surface area contributed by atoms with Crippen LogP contribution < -0.4 is 0 Å². The van der Waals surface area contributed by atoms with E-state index in [1.165, 1.54) is 16.3 Å². The normalized spacial score (nSPS) is 10.9. The Morgan fingerprint density at radius 1 is 0.938 bits per heavy atom. The second kappa shape index (κ2) is 5.33. The fourth-order valence-corrected chi connectivity index (χ4v) is 2.04. The standard InChI is InChI=1S/C14H15ClO/c15-14-7-6-12-9-11(3-1-2-8-16)4-5-13(12)10-14/h4-7,9-10,16H,1-3,8H2. The van der Waals surface area contributed by atoms with Crippen LogP contribution in [0.2, 0.25) is 5.02 Å². The predicted octanol–water partition coefficient (Wildman–Crippen LogP) is 3.81. The molecule has 0 unspecified atom stereocenters. The molecule has 0 saturated carbocycles. The minimum absolute atomic E-state index is 0.281. The van der Waals surface area contributed by atoms with E-state index in [9.17, 15) is 0 Å². The summed E-state index contributed by atoms with van der Waals surface area (Å²) in [4.78, 5) is 0. The molecule has 1 N–H and O–H groups in total. The van der Waals surface area contributed by atoms with Gasteiger partial charge in [0, 0.05) is 11.6 Å². The zero-order valence-electron chi connectivity index (χ0n) is 9.12. The zero-order valence-corrected chi connectivity index (χ0v) is 9.87. The summed E-state index contributed by atoms with van der Waals surface area (Å²) in [6, 6.07) is 12.4. The van der Waals surface area contributed by atoms with E-state index >= 15 is 0 Å². The molecular weight excluding hydrogens is 220 g/mol. The van der Waals surface area contributed by atoms with E-state index in [-0.39, 0.29) is 6.61 Å². The summed E-state index contributed by atoms with van der Waals surface area (Å²) < 4.78 is 0. The van der Waals surface area contributed by atoms with Gasteiger partial charge in [0.1, 0.15) is 0 Å². The molecule has 0 amide bonds. The maximum Gasteiger partial charge on any atom is 0.0431 e. The van der Waals surface area contributed by atoms with Crippen molar-refractivity contribution in [2.24, 2.45) is 0 Å². The van der Waals surface area contributed by atoms with Crippen LogP contribution in [0.1, 0.15) is 18.4 Å². The Morgan fingerprint density at radius 2 is 1.69 bits per heavy atom. The molecule has 0 spiro atoms. The lowest BCUT2D eigenvalue weighted by Gasteiger charge is -2.03. The third-order valence-corrected chi connectivity index (χ3v) is 2.98. The fraction of sp³-hybridized carbons (Fsp3) is 0.286. The summed E-state index contributed by atoms with van der Waals surface area (Å²) in [5, 5.41) is 11.9. The highest BCUT2D eigenvalue weighted by atomic mass is 35.5. The average Bonchev–Trinajstić information content (AvgIpc) is 2.29. The van der Waals surface area contributed by atoms with Gasteiger partial charge in [-0.1, -0.05) is 35.9 Å². The van der Waals surface area contributed by atoms with Crippen LogP contribution >= 0.6 is 11.6 Å². The molecule has 0 aromatic heterocycles. The predicted molar refractivity (Wildman–Crippen MR) is 69.0 cm³/mol. The first-order valence-corrected chi connectivity index (χ1v) is 5.96. The first-order chi connectivity index (χ1) is 7.79. The van der Waals surface area contributed by atoms with Crippen molar-refractivity contribution in [3.63, 3.8) is 0 Å². The number of hydrogen-bond donors (Lipinski definition) is 1. The van der Waals surface area contributed by atoms with Gasteiger partial charge in [0.05, 0.1) is 0 Å². The van der Waals surface area contributed by atoms with Crippen LogP contribution in [0, 0.1) is 0 Å². The quantitative estimate of drug-likeness (QED) is 0.798. The van der Waals surface area contributed by atoms with Gasteiger partial charge in [-0.3, -0.25) is 0 Å². The number of halogens is 1. The minimum atomic E-state index is 0.281. The molecule has 0 atom stereocenters. The van der Waals surface area contributed by atoms with Crippen molar-refractivity contribution in [1.82, 2.24) is 0 Å². The molecule has 2 aromatic rings. The summed E-state index contributed by atoms with van der Waals surface area (Å²) in [7, 11) is 0. The van der Waals surface area contributed by atoms with Crippen molar-refractivity contribution >= 4 is 22.4 Å².